The Morgan fingerprint density at radius 2 is 1.96 bits per heavy atom. The number of hydrogen-bond donors (Lipinski definition) is 1. The monoisotopic (exact) mass is 318 g/mol. The number of methoxy groups -OCH3 is 1. The molecule has 4 nitrogen and oxygen atoms in total. The summed E-state index contributed by atoms with van der Waals surface area (Å²) >= 11 is 0. The Bertz CT molecular complexity index is 882. The van der Waals surface area contributed by atoms with Gasteiger partial charge in [-0.3, -0.25) is 4.79 Å². The maximum atomic E-state index is 14.4. The van der Waals surface area contributed by atoms with Crippen LogP contribution in [-0.4, -0.2) is 18.5 Å². The molecule has 6 heteroatoms. The lowest BCUT2D eigenvalue weighted by Crippen LogP contribution is -1.92. The van der Waals surface area contributed by atoms with E-state index in [2.05, 4.69) is 0 Å². The van der Waals surface area contributed by atoms with E-state index in [9.17, 15) is 18.7 Å². The highest BCUT2D eigenvalue weighted by atomic mass is 19.1. The van der Waals surface area contributed by atoms with Crippen molar-refractivity contribution in [2.75, 3.05) is 7.11 Å². The molecular weight excluding hydrogens is 306 g/mol. The first kappa shape index (κ1) is 15.2. The Morgan fingerprint density at radius 3 is 2.57 bits per heavy atom. The molecule has 0 aliphatic rings. The van der Waals surface area contributed by atoms with Crippen LogP contribution in [0.3, 0.4) is 0 Å². The normalized spacial score (nSPS) is 11.1. The minimum absolute atomic E-state index is 0.0122. The van der Waals surface area contributed by atoms with Crippen LogP contribution in [0, 0.1) is 11.6 Å². The summed E-state index contributed by atoms with van der Waals surface area (Å²) in [6.45, 7) is -0.0122. The first-order valence-electron chi connectivity index (χ1n) is 6.73. The van der Waals surface area contributed by atoms with Gasteiger partial charge in [-0.1, -0.05) is 0 Å². The van der Waals surface area contributed by atoms with Crippen LogP contribution in [0.2, 0.25) is 0 Å². The van der Waals surface area contributed by atoms with Gasteiger partial charge in [-0.15, -0.1) is 0 Å². The number of rotatable bonds is 4. The molecule has 0 spiro atoms. The van der Waals surface area contributed by atoms with E-state index in [1.807, 2.05) is 0 Å². The number of hydrogen-bond acceptors (Lipinski definition) is 4. The van der Waals surface area contributed by atoms with Gasteiger partial charge in [0, 0.05) is 18.2 Å². The maximum Gasteiger partial charge on any atom is 0.176 e. The minimum atomic E-state index is -0.950. The second-order valence-corrected chi connectivity index (χ2v) is 4.97. The SMILES string of the molecule is COCc1cc2oc(-c3ccc(F)cc3)c(C=O)c2c(F)c1O. The van der Waals surface area contributed by atoms with Crippen molar-refractivity contribution < 1.29 is 27.8 Å². The Kier molecular flexibility index (Phi) is 3.83. The zero-order valence-corrected chi connectivity index (χ0v) is 12.1. The van der Waals surface area contributed by atoms with E-state index in [1.54, 1.807) is 0 Å². The Morgan fingerprint density at radius 1 is 1.26 bits per heavy atom. The largest absolute Gasteiger partial charge is 0.505 e. The number of aromatic hydroxyl groups is 1. The Labute approximate surface area is 129 Å². The topological polar surface area (TPSA) is 59.7 Å². The molecule has 0 saturated heterocycles. The Balaban J connectivity index is 2.30. The number of carbonyl (C=O) groups excluding carboxylic acids is 1. The van der Waals surface area contributed by atoms with Gasteiger partial charge in [0.2, 0.25) is 0 Å². The van der Waals surface area contributed by atoms with Gasteiger partial charge in [0.1, 0.15) is 17.2 Å². The molecule has 0 unspecified atom stereocenters. The maximum absolute atomic E-state index is 14.4. The summed E-state index contributed by atoms with van der Waals surface area (Å²) in [6, 6.07) is 6.68. The zero-order chi connectivity index (χ0) is 16.6. The van der Waals surface area contributed by atoms with E-state index in [0.717, 1.165) is 0 Å². The summed E-state index contributed by atoms with van der Waals surface area (Å²) in [5.41, 5.74) is 0.698. The van der Waals surface area contributed by atoms with Crippen molar-refractivity contribution in [3.8, 4) is 17.1 Å². The molecule has 2 aromatic carbocycles. The predicted octanol–water partition coefficient (Wildman–Crippen LogP) is 4.04. The van der Waals surface area contributed by atoms with E-state index in [1.165, 1.54) is 37.4 Å². The third-order valence-electron chi connectivity index (χ3n) is 3.53. The van der Waals surface area contributed by atoms with Crippen LogP contribution < -0.4 is 0 Å². The van der Waals surface area contributed by atoms with Crippen molar-refractivity contribution in [2.24, 2.45) is 0 Å². The predicted molar refractivity (Wildman–Crippen MR) is 79.3 cm³/mol. The van der Waals surface area contributed by atoms with Gasteiger partial charge in [0.05, 0.1) is 17.6 Å². The first-order chi connectivity index (χ1) is 11.1. The average Bonchev–Trinajstić information content (AvgIpc) is 2.91. The number of furan rings is 1. The number of carbonyl (C=O) groups is 1. The number of ether oxygens (including phenoxy) is 1. The number of fused-ring (bicyclic) bond motifs is 1. The molecule has 0 saturated carbocycles. The lowest BCUT2D eigenvalue weighted by Gasteiger charge is -2.04. The first-order valence-corrected chi connectivity index (χ1v) is 6.73. The van der Waals surface area contributed by atoms with Crippen LogP contribution >= 0.6 is 0 Å². The second kappa shape index (κ2) is 5.81. The molecule has 1 N–H and O–H groups in total. The molecule has 0 amide bonds. The highest BCUT2D eigenvalue weighted by molar-refractivity contribution is 6.03. The molecule has 118 valence electrons. The van der Waals surface area contributed by atoms with Gasteiger partial charge in [-0.2, -0.15) is 0 Å². The van der Waals surface area contributed by atoms with Crippen molar-refractivity contribution >= 4 is 17.3 Å². The zero-order valence-electron chi connectivity index (χ0n) is 12.1. The number of benzene rings is 2. The summed E-state index contributed by atoms with van der Waals surface area (Å²) < 4.78 is 37.9. The fourth-order valence-electron chi connectivity index (χ4n) is 2.47. The van der Waals surface area contributed by atoms with Gasteiger partial charge in [0.25, 0.3) is 0 Å². The van der Waals surface area contributed by atoms with Gasteiger partial charge < -0.3 is 14.3 Å². The summed E-state index contributed by atoms with van der Waals surface area (Å²) in [5.74, 6) is -1.87. The fraction of sp³-hybridized carbons (Fsp3) is 0.118. The van der Waals surface area contributed by atoms with E-state index in [4.69, 9.17) is 9.15 Å². The standard InChI is InChI=1S/C17H12F2O4/c1-22-8-10-6-13-14(15(19)16(10)21)12(7-20)17(23-13)9-2-4-11(18)5-3-9/h2-7,21H,8H2,1H3. The lowest BCUT2D eigenvalue weighted by atomic mass is 10.0. The van der Waals surface area contributed by atoms with Crippen molar-refractivity contribution in [1.82, 2.24) is 0 Å². The number of phenolic OH excluding ortho intramolecular Hbond substituents is 1. The molecule has 1 heterocycles. The van der Waals surface area contributed by atoms with Crippen LogP contribution in [0.15, 0.2) is 34.7 Å². The van der Waals surface area contributed by atoms with Crippen LogP contribution in [0.4, 0.5) is 8.78 Å². The average molecular weight is 318 g/mol. The third-order valence-corrected chi connectivity index (χ3v) is 3.53. The fourth-order valence-corrected chi connectivity index (χ4v) is 2.47. The molecule has 0 atom stereocenters. The van der Waals surface area contributed by atoms with Crippen molar-refractivity contribution in [1.29, 1.82) is 0 Å². The third kappa shape index (κ3) is 2.47. The summed E-state index contributed by atoms with van der Waals surface area (Å²) in [7, 11) is 1.41. The second-order valence-electron chi connectivity index (χ2n) is 4.97. The molecule has 0 aliphatic carbocycles. The highest BCUT2D eigenvalue weighted by Gasteiger charge is 2.23. The smallest absolute Gasteiger partial charge is 0.176 e. The van der Waals surface area contributed by atoms with E-state index in [0.29, 0.717) is 11.8 Å². The molecule has 3 rings (SSSR count). The van der Waals surface area contributed by atoms with Gasteiger partial charge >= 0.3 is 0 Å². The van der Waals surface area contributed by atoms with Gasteiger partial charge in [-0.05, 0) is 30.3 Å². The number of halogens is 2. The quantitative estimate of drug-likeness (QED) is 0.738. The lowest BCUT2D eigenvalue weighted by molar-refractivity contribution is 0.112. The van der Waals surface area contributed by atoms with Gasteiger partial charge in [0.15, 0.2) is 17.9 Å². The molecule has 3 aromatic rings. The highest BCUT2D eigenvalue weighted by Crippen LogP contribution is 2.38. The van der Waals surface area contributed by atoms with E-state index < -0.39 is 17.4 Å². The molecular formula is C17H12F2O4. The van der Waals surface area contributed by atoms with Crippen LogP contribution in [0.25, 0.3) is 22.3 Å². The molecule has 1 aromatic heterocycles. The van der Waals surface area contributed by atoms with Crippen molar-refractivity contribution in [2.45, 2.75) is 6.61 Å². The van der Waals surface area contributed by atoms with E-state index >= 15 is 0 Å². The molecule has 23 heavy (non-hydrogen) atoms. The van der Waals surface area contributed by atoms with E-state index in [-0.39, 0.29) is 34.5 Å². The van der Waals surface area contributed by atoms with Crippen molar-refractivity contribution in [3.05, 3.63) is 53.1 Å². The summed E-state index contributed by atoms with van der Waals surface area (Å²) in [5, 5.41) is 9.79. The number of phenols is 1. The van der Waals surface area contributed by atoms with Gasteiger partial charge in [-0.25, -0.2) is 8.78 Å². The minimum Gasteiger partial charge on any atom is -0.505 e. The summed E-state index contributed by atoms with van der Waals surface area (Å²) in [4.78, 5) is 11.4. The molecule has 0 radical (unpaired) electrons. The summed E-state index contributed by atoms with van der Waals surface area (Å²) in [6.07, 6.45) is 0.447. The van der Waals surface area contributed by atoms with Crippen molar-refractivity contribution in [3.63, 3.8) is 0 Å². The Hall–Kier alpha value is -2.73. The number of aldehydes is 1. The van der Waals surface area contributed by atoms with Crippen LogP contribution in [0.1, 0.15) is 15.9 Å². The molecule has 0 aliphatic heterocycles. The molecule has 0 bridgehead atoms. The molecule has 0 fully saturated rings. The van der Waals surface area contributed by atoms with Crippen LogP contribution in [-0.2, 0) is 11.3 Å². The van der Waals surface area contributed by atoms with Crippen LogP contribution in [0.5, 0.6) is 5.75 Å².